The van der Waals surface area contributed by atoms with Crippen molar-refractivity contribution in [1.29, 1.82) is 0 Å². The summed E-state index contributed by atoms with van der Waals surface area (Å²) in [7, 11) is 0. The maximum Gasteiger partial charge on any atom is 0.330 e. The predicted octanol–water partition coefficient (Wildman–Crippen LogP) is 0.107. The molecule has 0 aromatic carbocycles. The summed E-state index contributed by atoms with van der Waals surface area (Å²) in [6.45, 7) is 7.00. The Kier molecular flexibility index (Phi) is 6.27. The molecule has 0 bridgehead atoms. The first-order valence-corrected chi connectivity index (χ1v) is 4.59. The standard InChI is InChI=1S/C5H6N2O2.C5H8O2/c1-3-2-6-5(9)7-4(3)8;1-3-5(6)7-4-2/h2H,1H3,(H2,6,7,8,9);3H,1,4H2,2H3. The third-order valence-electron chi connectivity index (χ3n) is 1.46. The highest BCUT2D eigenvalue weighted by Gasteiger charge is 1.88. The molecule has 1 aromatic heterocycles. The first-order valence-electron chi connectivity index (χ1n) is 4.59. The lowest BCUT2D eigenvalue weighted by Gasteiger charge is -1.90. The van der Waals surface area contributed by atoms with E-state index in [0.717, 1.165) is 6.08 Å². The molecule has 1 aromatic rings. The number of carbonyl (C=O) groups excluding carboxylic acids is 1. The van der Waals surface area contributed by atoms with E-state index in [4.69, 9.17) is 0 Å². The normalized spacial score (nSPS) is 8.62. The van der Waals surface area contributed by atoms with Gasteiger partial charge in [-0.3, -0.25) is 9.78 Å². The fraction of sp³-hybridized carbons (Fsp3) is 0.300. The van der Waals surface area contributed by atoms with Crippen LogP contribution in [0.3, 0.4) is 0 Å². The summed E-state index contributed by atoms with van der Waals surface area (Å²) in [4.78, 5) is 35.4. The van der Waals surface area contributed by atoms with Crippen LogP contribution in [0, 0.1) is 6.92 Å². The van der Waals surface area contributed by atoms with Gasteiger partial charge in [0.15, 0.2) is 0 Å². The molecule has 0 fully saturated rings. The summed E-state index contributed by atoms with van der Waals surface area (Å²) in [6, 6.07) is 0. The van der Waals surface area contributed by atoms with Crippen LogP contribution < -0.4 is 11.2 Å². The van der Waals surface area contributed by atoms with Crippen LogP contribution >= 0.6 is 0 Å². The Bertz CT molecular complexity index is 458. The highest BCUT2D eigenvalue weighted by atomic mass is 16.5. The van der Waals surface area contributed by atoms with Crippen LogP contribution in [-0.4, -0.2) is 22.5 Å². The third-order valence-corrected chi connectivity index (χ3v) is 1.46. The second kappa shape index (κ2) is 7.22. The molecule has 0 spiro atoms. The van der Waals surface area contributed by atoms with Crippen LogP contribution in [0.2, 0.25) is 0 Å². The van der Waals surface area contributed by atoms with Gasteiger partial charge in [-0.05, 0) is 13.8 Å². The number of carbonyl (C=O) groups is 1. The van der Waals surface area contributed by atoms with Crippen molar-refractivity contribution in [2.24, 2.45) is 0 Å². The van der Waals surface area contributed by atoms with Gasteiger partial charge >= 0.3 is 11.7 Å². The van der Waals surface area contributed by atoms with E-state index in [1.54, 1.807) is 13.8 Å². The molecule has 0 amide bonds. The van der Waals surface area contributed by atoms with E-state index in [1.807, 2.05) is 0 Å². The summed E-state index contributed by atoms with van der Waals surface area (Å²) in [5.74, 6) is -0.359. The number of aromatic nitrogens is 2. The van der Waals surface area contributed by atoms with Crippen molar-refractivity contribution in [1.82, 2.24) is 9.97 Å². The van der Waals surface area contributed by atoms with Gasteiger partial charge in [0.05, 0.1) is 6.61 Å². The molecular weight excluding hydrogens is 212 g/mol. The van der Waals surface area contributed by atoms with E-state index < -0.39 is 5.69 Å². The Balaban J connectivity index is 0.000000293. The maximum absolute atomic E-state index is 10.6. The average Bonchev–Trinajstić information content (AvgIpc) is 2.25. The molecule has 2 N–H and O–H groups in total. The second-order valence-corrected chi connectivity index (χ2v) is 2.71. The monoisotopic (exact) mass is 226 g/mol. The van der Waals surface area contributed by atoms with Gasteiger partial charge < -0.3 is 9.72 Å². The number of rotatable bonds is 2. The zero-order valence-electron chi connectivity index (χ0n) is 9.20. The summed E-state index contributed by atoms with van der Waals surface area (Å²) in [5.41, 5.74) is -0.293. The molecule has 16 heavy (non-hydrogen) atoms. The van der Waals surface area contributed by atoms with E-state index in [-0.39, 0.29) is 11.5 Å². The van der Waals surface area contributed by atoms with Gasteiger partial charge in [-0.1, -0.05) is 6.58 Å². The first kappa shape index (κ1) is 13.9. The summed E-state index contributed by atoms with van der Waals surface area (Å²) >= 11 is 0. The molecule has 0 aliphatic carbocycles. The fourth-order valence-corrected chi connectivity index (χ4v) is 0.678. The molecule has 0 atom stereocenters. The second-order valence-electron chi connectivity index (χ2n) is 2.71. The molecule has 6 heteroatoms. The summed E-state index contributed by atoms with van der Waals surface area (Å²) < 4.78 is 4.43. The maximum atomic E-state index is 10.6. The number of aryl methyl sites for hydroxylation is 1. The number of hydrogen-bond donors (Lipinski definition) is 2. The smallest absolute Gasteiger partial charge is 0.330 e. The lowest BCUT2D eigenvalue weighted by Crippen LogP contribution is -2.22. The number of hydrogen-bond acceptors (Lipinski definition) is 4. The summed E-state index contributed by atoms with van der Waals surface area (Å²) in [5, 5.41) is 0. The van der Waals surface area contributed by atoms with Crippen molar-refractivity contribution in [3.8, 4) is 0 Å². The molecule has 1 heterocycles. The molecule has 0 saturated carbocycles. The number of H-pyrrole nitrogens is 2. The van der Waals surface area contributed by atoms with E-state index in [9.17, 15) is 14.4 Å². The van der Waals surface area contributed by atoms with Gasteiger partial charge in [0.2, 0.25) is 0 Å². The van der Waals surface area contributed by atoms with Crippen LogP contribution in [0.15, 0.2) is 28.4 Å². The highest BCUT2D eigenvalue weighted by molar-refractivity contribution is 5.81. The van der Waals surface area contributed by atoms with Crippen LogP contribution in [0.5, 0.6) is 0 Å². The van der Waals surface area contributed by atoms with Crippen LogP contribution in [0.4, 0.5) is 0 Å². The quantitative estimate of drug-likeness (QED) is 0.553. The lowest BCUT2D eigenvalue weighted by molar-refractivity contribution is -0.137. The van der Waals surface area contributed by atoms with Crippen LogP contribution in [0.25, 0.3) is 0 Å². The Morgan fingerprint density at radius 3 is 2.50 bits per heavy atom. The van der Waals surface area contributed by atoms with Crippen molar-refractivity contribution in [3.05, 3.63) is 45.3 Å². The van der Waals surface area contributed by atoms with Crippen molar-refractivity contribution in [2.45, 2.75) is 13.8 Å². The molecule has 0 unspecified atom stereocenters. The largest absolute Gasteiger partial charge is 0.463 e. The van der Waals surface area contributed by atoms with Crippen LogP contribution in [-0.2, 0) is 9.53 Å². The number of nitrogens with one attached hydrogen (secondary N) is 2. The van der Waals surface area contributed by atoms with Crippen molar-refractivity contribution in [2.75, 3.05) is 6.61 Å². The Morgan fingerprint density at radius 1 is 1.56 bits per heavy atom. The highest BCUT2D eigenvalue weighted by Crippen LogP contribution is 1.74. The molecule has 0 radical (unpaired) electrons. The molecule has 88 valence electrons. The zero-order valence-corrected chi connectivity index (χ0v) is 9.20. The molecular formula is C10H14N2O4. The third kappa shape index (κ3) is 5.58. The molecule has 0 aliphatic heterocycles. The predicted molar refractivity (Wildman–Crippen MR) is 59.3 cm³/mol. The van der Waals surface area contributed by atoms with Gasteiger partial charge in [0.1, 0.15) is 0 Å². The molecule has 6 nitrogen and oxygen atoms in total. The van der Waals surface area contributed by atoms with E-state index in [1.165, 1.54) is 6.20 Å². The van der Waals surface area contributed by atoms with Crippen molar-refractivity contribution in [3.63, 3.8) is 0 Å². The van der Waals surface area contributed by atoms with Crippen LogP contribution in [0.1, 0.15) is 12.5 Å². The fourth-order valence-electron chi connectivity index (χ4n) is 0.678. The SMILES string of the molecule is C=CC(=O)OCC.Cc1c[nH]c(=O)[nH]c1=O. The Labute approximate surface area is 92.0 Å². The first-order chi connectivity index (χ1) is 7.51. The number of aromatic amines is 2. The summed E-state index contributed by atoms with van der Waals surface area (Å²) in [6.07, 6.45) is 2.52. The van der Waals surface area contributed by atoms with E-state index >= 15 is 0 Å². The average molecular weight is 226 g/mol. The van der Waals surface area contributed by atoms with Gasteiger partial charge in [-0.15, -0.1) is 0 Å². The molecule has 1 rings (SSSR count). The lowest BCUT2D eigenvalue weighted by atomic mass is 10.4. The minimum absolute atomic E-state index is 0.334. The van der Waals surface area contributed by atoms with E-state index in [2.05, 4.69) is 21.3 Å². The van der Waals surface area contributed by atoms with Gasteiger partial charge in [-0.25, -0.2) is 9.59 Å². The minimum Gasteiger partial charge on any atom is -0.463 e. The van der Waals surface area contributed by atoms with Gasteiger partial charge in [0, 0.05) is 17.8 Å². The van der Waals surface area contributed by atoms with E-state index in [0.29, 0.717) is 12.2 Å². The minimum atomic E-state index is -0.467. The number of esters is 1. The van der Waals surface area contributed by atoms with Crippen molar-refractivity contribution >= 4 is 5.97 Å². The number of ether oxygens (including phenoxy) is 1. The topological polar surface area (TPSA) is 92.0 Å². The molecule has 0 aliphatic rings. The van der Waals surface area contributed by atoms with Gasteiger partial charge in [0.25, 0.3) is 5.56 Å². The Hall–Kier alpha value is -2.11. The Morgan fingerprint density at radius 2 is 2.19 bits per heavy atom. The van der Waals surface area contributed by atoms with Gasteiger partial charge in [-0.2, -0.15) is 0 Å². The zero-order chi connectivity index (χ0) is 12.6. The van der Waals surface area contributed by atoms with Crippen molar-refractivity contribution < 1.29 is 9.53 Å². The molecule has 0 saturated heterocycles.